The molecule has 0 radical (unpaired) electrons. The number of nitrogens with one attached hydrogen (secondary N) is 2. The Bertz CT molecular complexity index is 716. The highest BCUT2D eigenvalue weighted by Crippen LogP contribution is 2.31. The predicted octanol–water partition coefficient (Wildman–Crippen LogP) is 3.33. The minimum atomic E-state index is -0.417. The van der Waals surface area contributed by atoms with Crippen LogP contribution in [0.25, 0.3) is 0 Å². The number of halogens is 1. The SMILES string of the molecule is O=C(N/N=C/c1ccc2c(c1)OCO2)Nc1ccc(Br)cc1. The number of carbonyl (C=O) groups excluding carboxylic acids is 1. The van der Waals surface area contributed by atoms with Crippen LogP contribution in [0.1, 0.15) is 5.56 Å². The molecule has 2 aromatic rings. The summed E-state index contributed by atoms with van der Waals surface area (Å²) in [5, 5.41) is 6.56. The molecular weight excluding hydrogens is 350 g/mol. The van der Waals surface area contributed by atoms with Gasteiger partial charge in [0.05, 0.1) is 6.21 Å². The van der Waals surface area contributed by atoms with Gasteiger partial charge in [-0.1, -0.05) is 15.9 Å². The van der Waals surface area contributed by atoms with Crippen LogP contribution in [-0.2, 0) is 0 Å². The number of urea groups is 1. The van der Waals surface area contributed by atoms with Gasteiger partial charge < -0.3 is 14.8 Å². The third-order valence-corrected chi connectivity index (χ3v) is 3.41. The quantitative estimate of drug-likeness (QED) is 0.650. The Hall–Kier alpha value is -2.54. The van der Waals surface area contributed by atoms with Crippen LogP contribution >= 0.6 is 15.9 Å². The summed E-state index contributed by atoms with van der Waals surface area (Å²) in [5.41, 5.74) is 3.88. The molecule has 2 N–H and O–H groups in total. The summed E-state index contributed by atoms with van der Waals surface area (Å²) in [5.74, 6) is 1.38. The van der Waals surface area contributed by atoms with Gasteiger partial charge in [-0.3, -0.25) is 0 Å². The van der Waals surface area contributed by atoms with Crippen LogP contribution in [0, 0.1) is 0 Å². The Morgan fingerprint density at radius 1 is 1.14 bits per heavy atom. The number of nitrogens with zero attached hydrogens (tertiary/aromatic N) is 1. The lowest BCUT2D eigenvalue weighted by atomic mass is 10.2. The molecule has 3 rings (SSSR count). The van der Waals surface area contributed by atoms with Crippen LogP contribution < -0.4 is 20.2 Å². The van der Waals surface area contributed by atoms with Gasteiger partial charge >= 0.3 is 6.03 Å². The van der Waals surface area contributed by atoms with E-state index in [0.717, 1.165) is 10.0 Å². The third-order valence-electron chi connectivity index (χ3n) is 2.88. The van der Waals surface area contributed by atoms with Gasteiger partial charge in [0.25, 0.3) is 0 Å². The number of hydrogen-bond donors (Lipinski definition) is 2. The minimum absolute atomic E-state index is 0.226. The molecule has 0 aromatic heterocycles. The van der Waals surface area contributed by atoms with E-state index in [-0.39, 0.29) is 6.79 Å². The van der Waals surface area contributed by atoms with Crippen molar-refractivity contribution in [1.82, 2.24) is 5.43 Å². The van der Waals surface area contributed by atoms with Crippen molar-refractivity contribution >= 4 is 33.9 Å². The van der Waals surface area contributed by atoms with E-state index in [9.17, 15) is 4.79 Å². The summed E-state index contributed by atoms with van der Waals surface area (Å²) in [4.78, 5) is 11.7. The maximum absolute atomic E-state index is 11.7. The smallest absolute Gasteiger partial charge is 0.339 e. The summed E-state index contributed by atoms with van der Waals surface area (Å²) in [6.45, 7) is 0.226. The van der Waals surface area contributed by atoms with Crippen molar-refractivity contribution < 1.29 is 14.3 Å². The first-order valence-corrected chi connectivity index (χ1v) is 7.25. The van der Waals surface area contributed by atoms with Crippen LogP contribution in [0.15, 0.2) is 52.0 Å². The van der Waals surface area contributed by atoms with E-state index in [1.54, 1.807) is 24.3 Å². The van der Waals surface area contributed by atoms with Gasteiger partial charge in [-0.05, 0) is 48.0 Å². The van der Waals surface area contributed by atoms with E-state index >= 15 is 0 Å². The largest absolute Gasteiger partial charge is 0.454 e. The lowest BCUT2D eigenvalue weighted by molar-refractivity contribution is 0.174. The van der Waals surface area contributed by atoms with Crippen molar-refractivity contribution in [3.05, 3.63) is 52.5 Å². The van der Waals surface area contributed by atoms with E-state index in [1.165, 1.54) is 6.21 Å². The highest BCUT2D eigenvalue weighted by molar-refractivity contribution is 9.10. The van der Waals surface area contributed by atoms with Crippen molar-refractivity contribution in [3.8, 4) is 11.5 Å². The highest BCUT2D eigenvalue weighted by Gasteiger charge is 2.12. The number of benzene rings is 2. The Balaban J connectivity index is 1.55. The fourth-order valence-corrected chi connectivity index (χ4v) is 2.12. The lowest BCUT2D eigenvalue weighted by Gasteiger charge is -2.04. The average molecular weight is 362 g/mol. The lowest BCUT2D eigenvalue weighted by Crippen LogP contribution is -2.24. The van der Waals surface area contributed by atoms with Gasteiger partial charge in [-0.15, -0.1) is 0 Å². The van der Waals surface area contributed by atoms with Crippen molar-refractivity contribution in [1.29, 1.82) is 0 Å². The van der Waals surface area contributed by atoms with E-state index < -0.39 is 6.03 Å². The molecule has 1 heterocycles. The number of rotatable bonds is 3. The number of amides is 2. The number of fused-ring (bicyclic) bond motifs is 1. The number of carbonyl (C=O) groups is 1. The van der Waals surface area contributed by atoms with E-state index in [2.05, 4.69) is 31.8 Å². The van der Waals surface area contributed by atoms with E-state index in [4.69, 9.17) is 9.47 Å². The van der Waals surface area contributed by atoms with Crippen molar-refractivity contribution in [3.63, 3.8) is 0 Å². The molecular formula is C15H12BrN3O3. The molecule has 0 fully saturated rings. The van der Waals surface area contributed by atoms with Gasteiger partial charge in [-0.2, -0.15) is 5.10 Å². The first-order chi connectivity index (χ1) is 10.7. The summed E-state index contributed by atoms with van der Waals surface area (Å²) >= 11 is 3.33. The zero-order chi connectivity index (χ0) is 15.4. The number of ether oxygens (including phenoxy) is 2. The second-order valence-electron chi connectivity index (χ2n) is 4.44. The summed E-state index contributed by atoms with van der Waals surface area (Å²) in [6, 6.07) is 12.2. The Labute approximate surface area is 135 Å². The summed E-state index contributed by atoms with van der Waals surface area (Å²) < 4.78 is 11.4. The van der Waals surface area contributed by atoms with Crippen LogP contribution in [0.4, 0.5) is 10.5 Å². The van der Waals surface area contributed by atoms with Gasteiger partial charge in [0.1, 0.15) is 0 Å². The monoisotopic (exact) mass is 361 g/mol. The second-order valence-corrected chi connectivity index (χ2v) is 5.36. The number of anilines is 1. The predicted molar refractivity (Wildman–Crippen MR) is 86.5 cm³/mol. The highest BCUT2D eigenvalue weighted by atomic mass is 79.9. The van der Waals surface area contributed by atoms with Crippen molar-refractivity contribution in [2.45, 2.75) is 0 Å². The third kappa shape index (κ3) is 3.56. The zero-order valence-electron chi connectivity index (χ0n) is 11.4. The fourth-order valence-electron chi connectivity index (χ4n) is 1.85. The van der Waals surface area contributed by atoms with Crippen LogP contribution in [0.3, 0.4) is 0 Å². The summed E-state index contributed by atoms with van der Waals surface area (Å²) in [6.07, 6.45) is 1.53. The molecule has 2 amide bonds. The minimum Gasteiger partial charge on any atom is -0.454 e. The topological polar surface area (TPSA) is 72.0 Å². The van der Waals surface area contributed by atoms with Gasteiger partial charge in [0, 0.05) is 10.2 Å². The summed E-state index contributed by atoms with van der Waals surface area (Å²) in [7, 11) is 0. The Morgan fingerprint density at radius 3 is 2.73 bits per heavy atom. The van der Waals surface area contributed by atoms with Crippen LogP contribution in [0.2, 0.25) is 0 Å². The van der Waals surface area contributed by atoms with E-state index in [1.807, 2.05) is 18.2 Å². The first kappa shape index (κ1) is 14.4. The average Bonchev–Trinajstić information content (AvgIpc) is 2.97. The molecule has 1 aliphatic heterocycles. The van der Waals surface area contributed by atoms with E-state index in [0.29, 0.717) is 17.2 Å². The van der Waals surface area contributed by atoms with Crippen LogP contribution in [0.5, 0.6) is 11.5 Å². The molecule has 22 heavy (non-hydrogen) atoms. The molecule has 0 aliphatic carbocycles. The molecule has 112 valence electrons. The van der Waals surface area contributed by atoms with Crippen LogP contribution in [-0.4, -0.2) is 19.0 Å². The van der Waals surface area contributed by atoms with Gasteiger partial charge in [0.2, 0.25) is 6.79 Å². The number of hydrazone groups is 1. The van der Waals surface area contributed by atoms with Gasteiger partial charge in [-0.25, -0.2) is 10.2 Å². The molecule has 7 heteroatoms. The standard InChI is InChI=1S/C15H12BrN3O3/c16-11-2-4-12(5-3-11)18-15(20)19-17-8-10-1-6-13-14(7-10)22-9-21-13/h1-8H,9H2,(H2,18,19,20)/b17-8+. The maximum Gasteiger partial charge on any atom is 0.339 e. The van der Waals surface area contributed by atoms with Gasteiger partial charge in [0.15, 0.2) is 11.5 Å². The Kier molecular flexibility index (Phi) is 4.24. The first-order valence-electron chi connectivity index (χ1n) is 6.46. The molecule has 0 atom stereocenters. The molecule has 0 saturated carbocycles. The maximum atomic E-state index is 11.7. The number of hydrogen-bond acceptors (Lipinski definition) is 4. The molecule has 0 spiro atoms. The zero-order valence-corrected chi connectivity index (χ0v) is 13.0. The normalized spacial score (nSPS) is 12.4. The molecule has 0 bridgehead atoms. The second kappa shape index (κ2) is 6.48. The molecule has 0 saturated heterocycles. The Morgan fingerprint density at radius 2 is 1.91 bits per heavy atom. The molecule has 2 aromatic carbocycles. The van der Waals surface area contributed by atoms with Crippen molar-refractivity contribution in [2.75, 3.05) is 12.1 Å². The fraction of sp³-hybridized carbons (Fsp3) is 0.0667. The molecule has 6 nitrogen and oxygen atoms in total. The molecule has 1 aliphatic rings. The molecule has 0 unspecified atom stereocenters. The van der Waals surface area contributed by atoms with Crippen molar-refractivity contribution in [2.24, 2.45) is 5.10 Å².